The molecule has 0 unspecified atom stereocenters. The maximum absolute atomic E-state index is 13.3. The van der Waals surface area contributed by atoms with Crippen molar-refractivity contribution in [3.63, 3.8) is 0 Å². The quantitative estimate of drug-likeness (QED) is 0.595. The highest BCUT2D eigenvalue weighted by molar-refractivity contribution is 5.43. The lowest BCUT2D eigenvalue weighted by Gasteiger charge is -2.23. The van der Waals surface area contributed by atoms with Crippen molar-refractivity contribution >= 4 is 0 Å². The predicted octanol–water partition coefficient (Wildman–Crippen LogP) is 3.88. The minimum Gasteiger partial charge on any atom is -0.493 e. The Kier molecular flexibility index (Phi) is 9.06. The molecule has 1 saturated heterocycles. The number of nitrogens with one attached hydrogen (secondary N) is 1. The fraction of sp³-hybridized carbons (Fsp3) is 0.500. The van der Waals surface area contributed by atoms with Crippen LogP contribution in [0.3, 0.4) is 0 Å². The summed E-state index contributed by atoms with van der Waals surface area (Å²) in [7, 11) is 1.58. The van der Waals surface area contributed by atoms with Crippen LogP contribution in [0.25, 0.3) is 0 Å². The van der Waals surface area contributed by atoms with E-state index in [9.17, 15) is 13.9 Å². The van der Waals surface area contributed by atoms with E-state index in [1.165, 1.54) is 31.7 Å². The molecular weight excluding hydrogens is 402 g/mol. The maximum Gasteiger partial charge on any atom is 0.161 e. The second-order valence-corrected chi connectivity index (χ2v) is 8.02. The van der Waals surface area contributed by atoms with Crippen LogP contribution in [0.1, 0.15) is 36.8 Å². The van der Waals surface area contributed by atoms with Gasteiger partial charge in [-0.3, -0.25) is 0 Å². The van der Waals surface area contributed by atoms with Gasteiger partial charge in [-0.1, -0.05) is 25.0 Å². The molecule has 0 saturated carbocycles. The Morgan fingerprint density at radius 1 is 0.935 bits per heavy atom. The van der Waals surface area contributed by atoms with Gasteiger partial charge in [-0.2, -0.15) is 0 Å². The summed E-state index contributed by atoms with van der Waals surface area (Å²) in [4.78, 5) is 2.31. The molecule has 0 bridgehead atoms. The van der Waals surface area contributed by atoms with Crippen molar-refractivity contribution in [1.82, 2.24) is 10.2 Å². The zero-order chi connectivity index (χ0) is 22.1. The van der Waals surface area contributed by atoms with Crippen molar-refractivity contribution in [2.75, 3.05) is 33.4 Å². The van der Waals surface area contributed by atoms with Gasteiger partial charge in [0.25, 0.3) is 0 Å². The third-order valence-electron chi connectivity index (χ3n) is 5.47. The second-order valence-electron chi connectivity index (χ2n) is 8.02. The molecule has 31 heavy (non-hydrogen) atoms. The molecule has 0 aromatic heterocycles. The summed E-state index contributed by atoms with van der Waals surface area (Å²) < 4.78 is 37.6. The summed E-state index contributed by atoms with van der Waals surface area (Å²) in [6.07, 6.45) is 4.35. The molecule has 0 aliphatic carbocycles. The van der Waals surface area contributed by atoms with E-state index in [-0.39, 0.29) is 6.61 Å². The first-order valence-electron chi connectivity index (χ1n) is 10.9. The molecule has 170 valence electrons. The number of rotatable bonds is 10. The first kappa shape index (κ1) is 23.4. The van der Waals surface area contributed by atoms with E-state index >= 15 is 0 Å². The SMILES string of the molecule is COc1cc(CNCc2ccc(F)c(F)c2)ccc1OC[C@@H](O)CN1CCCCCC1. The molecule has 5 nitrogen and oxygen atoms in total. The van der Waals surface area contributed by atoms with Gasteiger partial charge in [0.1, 0.15) is 12.7 Å². The Morgan fingerprint density at radius 2 is 1.61 bits per heavy atom. The molecule has 1 atom stereocenters. The number of benzene rings is 2. The number of methoxy groups -OCH3 is 1. The van der Waals surface area contributed by atoms with Crippen LogP contribution in [0, 0.1) is 11.6 Å². The number of hydrogen-bond donors (Lipinski definition) is 2. The first-order chi connectivity index (χ1) is 15.0. The molecule has 0 radical (unpaired) electrons. The average Bonchev–Trinajstić information content (AvgIpc) is 3.03. The molecule has 2 N–H and O–H groups in total. The second kappa shape index (κ2) is 12.0. The highest BCUT2D eigenvalue weighted by Crippen LogP contribution is 2.28. The van der Waals surface area contributed by atoms with E-state index in [2.05, 4.69) is 10.2 Å². The zero-order valence-electron chi connectivity index (χ0n) is 18.1. The lowest BCUT2D eigenvalue weighted by atomic mass is 10.1. The first-order valence-corrected chi connectivity index (χ1v) is 10.9. The molecule has 0 spiro atoms. The lowest BCUT2D eigenvalue weighted by molar-refractivity contribution is 0.0683. The number of nitrogens with zero attached hydrogens (tertiary/aromatic N) is 1. The van der Waals surface area contributed by atoms with Crippen LogP contribution in [0.2, 0.25) is 0 Å². The Labute approximate surface area is 183 Å². The van der Waals surface area contributed by atoms with Gasteiger partial charge in [0.2, 0.25) is 0 Å². The summed E-state index contributed by atoms with van der Waals surface area (Å²) in [5, 5.41) is 13.6. The lowest BCUT2D eigenvalue weighted by Crippen LogP contribution is -2.36. The van der Waals surface area contributed by atoms with Crippen molar-refractivity contribution in [1.29, 1.82) is 0 Å². The summed E-state index contributed by atoms with van der Waals surface area (Å²) in [6, 6.07) is 9.48. The van der Waals surface area contributed by atoms with E-state index in [1.807, 2.05) is 18.2 Å². The highest BCUT2D eigenvalue weighted by atomic mass is 19.2. The summed E-state index contributed by atoms with van der Waals surface area (Å²) in [6.45, 7) is 3.85. The van der Waals surface area contributed by atoms with Gasteiger partial charge in [-0.05, 0) is 61.3 Å². The summed E-state index contributed by atoms with van der Waals surface area (Å²) in [5.41, 5.74) is 1.64. The zero-order valence-corrected chi connectivity index (χ0v) is 18.1. The van der Waals surface area contributed by atoms with Crippen LogP contribution in [0.5, 0.6) is 11.5 Å². The fourth-order valence-electron chi connectivity index (χ4n) is 3.80. The van der Waals surface area contributed by atoms with Gasteiger partial charge in [0, 0.05) is 19.6 Å². The molecule has 1 aliphatic heterocycles. The molecule has 1 heterocycles. The number of β-amino-alcohol motifs (C(OH)–C–C–N with tert-alkyl or cyclic N) is 1. The standard InChI is InChI=1S/C24H32F2N2O3/c1-30-24-13-19(15-27-14-18-6-8-21(25)22(26)12-18)7-9-23(24)31-17-20(29)16-28-10-4-2-3-5-11-28/h6-9,12-13,20,27,29H,2-5,10-11,14-17H2,1H3/t20-/m0/s1. The van der Waals surface area contributed by atoms with Gasteiger partial charge in [0.05, 0.1) is 7.11 Å². The highest BCUT2D eigenvalue weighted by Gasteiger charge is 2.15. The van der Waals surface area contributed by atoms with Gasteiger partial charge < -0.3 is 24.8 Å². The number of halogens is 2. The van der Waals surface area contributed by atoms with Crippen LogP contribution in [0.4, 0.5) is 8.78 Å². The third kappa shape index (κ3) is 7.45. The van der Waals surface area contributed by atoms with Gasteiger partial charge in [-0.25, -0.2) is 8.78 Å². The molecule has 7 heteroatoms. The Balaban J connectivity index is 1.47. The van der Waals surface area contributed by atoms with Crippen molar-refractivity contribution in [3.05, 3.63) is 59.2 Å². The van der Waals surface area contributed by atoms with E-state index < -0.39 is 17.7 Å². The van der Waals surface area contributed by atoms with Crippen LogP contribution in [-0.4, -0.2) is 49.5 Å². The Morgan fingerprint density at radius 3 is 2.29 bits per heavy atom. The maximum atomic E-state index is 13.3. The van der Waals surface area contributed by atoms with Crippen LogP contribution in [0.15, 0.2) is 36.4 Å². The number of aliphatic hydroxyl groups excluding tert-OH is 1. The smallest absolute Gasteiger partial charge is 0.161 e. The normalized spacial score (nSPS) is 16.0. The third-order valence-corrected chi connectivity index (χ3v) is 5.47. The number of hydrogen-bond acceptors (Lipinski definition) is 5. The van der Waals surface area contributed by atoms with Crippen molar-refractivity contribution in [3.8, 4) is 11.5 Å². The van der Waals surface area contributed by atoms with Crippen molar-refractivity contribution in [2.24, 2.45) is 0 Å². The summed E-state index contributed by atoms with van der Waals surface area (Å²) >= 11 is 0. The topological polar surface area (TPSA) is 54.0 Å². The number of likely N-dealkylation sites (tertiary alicyclic amines) is 1. The molecule has 0 amide bonds. The van der Waals surface area contributed by atoms with Crippen molar-refractivity contribution in [2.45, 2.75) is 44.9 Å². The van der Waals surface area contributed by atoms with Gasteiger partial charge in [-0.15, -0.1) is 0 Å². The van der Waals surface area contributed by atoms with E-state index in [0.29, 0.717) is 36.7 Å². The van der Waals surface area contributed by atoms with Gasteiger partial charge in [0.15, 0.2) is 23.1 Å². The van der Waals surface area contributed by atoms with E-state index in [1.54, 1.807) is 13.2 Å². The molecular formula is C24H32F2N2O3. The molecule has 2 aromatic rings. The number of aliphatic hydroxyl groups is 1. The molecule has 1 fully saturated rings. The molecule has 3 rings (SSSR count). The van der Waals surface area contributed by atoms with Crippen LogP contribution < -0.4 is 14.8 Å². The van der Waals surface area contributed by atoms with Crippen LogP contribution in [-0.2, 0) is 13.1 Å². The van der Waals surface area contributed by atoms with E-state index in [4.69, 9.17) is 9.47 Å². The molecule has 2 aromatic carbocycles. The minimum absolute atomic E-state index is 0.209. The van der Waals surface area contributed by atoms with Crippen LogP contribution >= 0.6 is 0 Å². The fourth-order valence-corrected chi connectivity index (χ4v) is 3.80. The largest absolute Gasteiger partial charge is 0.493 e. The number of ether oxygens (including phenoxy) is 2. The predicted molar refractivity (Wildman–Crippen MR) is 116 cm³/mol. The summed E-state index contributed by atoms with van der Waals surface area (Å²) in [5.74, 6) is -0.517. The Bertz CT molecular complexity index is 826. The van der Waals surface area contributed by atoms with Gasteiger partial charge >= 0.3 is 0 Å². The monoisotopic (exact) mass is 434 g/mol. The van der Waals surface area contributed by atoms with E-state index in [0.717, 1.165) is 24.7 Å². The minimum atomic E-state index is -0.847. The molecule has 1 aliphatic rings. The Hall–Kier alpha value is -2.22. The average molecular weight is 435 g/mol. The van der Waals surface area contributed by atoms with Crippen molar-refractivity contribution < 1.29 is 23.4 Å².